The molecule has 2 heterocycles. The number of rotatable bonds is 10. The van der Waals surface area contributed by atoms with Crippen LogP contribution in [0, 0.1) is 0 Å². The van der Waals surface area contributed by atoms with Crippen molar-refractivity contribution in [3.05, 3.63) is 54.4 Å². The zero-order chi connectivity index (χ0) is 22.1. The van der Waals surface area contributed by atoms with Crippen LogP contribution in [0.3, 0.4) is 0 Å². The first-order valence-electron chi connectivity index (χ1n) is 11.2. The van der Waals surface area contributed by atoms with Crippen LogP contribution in [0.15, 0.2) is 48.8 Å². The summed E-state index contributed by atoms with van der Waals surface area (Å²) in [6.07, 6.45) is 7.90. The first-order valence-corrected chi connectivity index (χ1v) is 11.2. The number of benzene rings is 1. The van der Waals surface area contributed by atoms with Crippen molar-refractivity contribution in [2.24, 2.45) is 0 Å². The molecule has 0 spiro atoms. The number of carbonyl (C=O) groups excluding carboxylic acids is 1. The van der Waals surface area contributed by atoms with Gasteiger partial charge >= 0.3 is 0 Å². The summed E-state index contributed by atoms with van der Waals surface area (Å²) in [6, 6.07) is 13.0. The molecule has 168 valence electrons. The zero-order valence-corrected chi connectivity index (χ0v) is 18.9. The second-order valence-electron chi connectivity index (χ2n) is 8.36. The fraction of sp³-hybridized carbons (Fsp3) is 0.520. The molecule has 1 N–H and O–H groups in total. The van der Waals surface area contributed by atoms with Gasteiger partial charge in [-0.05, 0) is 56.0 Å². The largest absolute Gasteiger partial charge is 0.356 e. The van der Waals surface area contributed by atoms with Gasteiger partial charge in [-0.2, -0.15) is 0 Å². The monoisotopic (exact) mass is 425 g/mol. The van der Waals surface area contributed by atoms with Crippen molar-refractivity contribution in [3.63, 3.8) is 0 Å². The lowest BCUT2D eigenvalue weighted by Gasteiger charge is -2.37. The summed E-state index contributed by atoms with van der Waals surface area (Å²) >= 11 is 0. The molecular formula is C25H35N3O3. The molecule has 6 heteroatoms. The highest BCUT2D eigenvalue weighted by Crippen LogP contribution is 2.23. The van der Waals surface area contributed by atoms with E-state index in [1.807, 2.05) is 12.3 Å². The van der Waals surface area contributed by atoms with Gasteiger partial charge in [0.15, 0.2) is 6.29 Å². The maximum absolute atomic E-state index is 12.2. The third kappa shape index (κ3) is 7.42. The number of nitrogens with one attached hydrogen (secondary N) is 1. The van der Waals surface area contributed by atoms with E-state index in [9.17, 15) is 4.79 Å². The van der Waals surface area contributed by atoms with E-state index in [0.29, 0.717) is 19.0 Å². The summed E-state index contributed by atoms with van der Waals surface area (Å²) in [4.78, 5) is 18.7. The van der Waals surface area contributed by atoms with Crippen molar-refractivity contribution in [1.29, 1.82) is 0 Å². The van der Waals surface area contributed by atoms with E-state index in [0.717, 1.165) is 37.8 Å². The molecule has 2 aromatic rings. The highest BCUT2D eigenvalue weighted by atomic mass is 16.7. The van der Waals surface area contributed by atoms with E-state index in [4.69, 9.17) is 9.47 Å². The number of methoxy groups -OCH3 is 1. The van der Waals surface area contributed by atoms with Crippen LogP contribution < -0.4 is 5.32 Å². The summed E-state index contributed by atoms with van der Waals surface area (Å²) in [6.45, 7) is 3.52. The van der Waals surface area contributed by atoms with Crippen molar-refractivity contribution in [1.82, 2.24) is 15.2 Å². The quantitative estimate of drug-likeness (QED) is 0.589. The first-order chi connectivity index (χ1) is 15.0. The Labute approximate surface area is 186 Å². The average Bonchev–Trinajstić information content (AvgIpc) is 2.80. The van der Waals surface area contributed by atoms with E-state index < -0.39 is 0 Å². The number of aryl methyl sites for hydroxylation is 1. The molecule has 0 unspecified atom stereocenters. The topological polar surface area (TPSA) is 63.7 Å². The van der Waals surface area contributed by atoms with Gasteiger partial charge in [0.1, 0.15) is 0 Å². The number of pyridine rings is 1. The predicted molar refractivity (Wildman–Crippen MR) is 123 cm³/mol. The Hall–Kier alpha value is -2.28. The fourth-order valence-corrected chi connectivity index (χ4v) is 4.05. The van der Waals surface area contributed by atoms with Gasteiger partial charge in [0.25, 0.3) is 0 Å². The van der Waals surface area contributed by atoms with Crippen molar-refractivity contribution in [3.8, 4) is 11.1 Å². The lowest BCUT2D eigenvalue weighted by atomic mass is 10.0. The molecule has 31 heavy (non-hydrogen) atoms. The van der Waals surface area contributed by atoms with Gasteiger partial charge in [0.2, 0.25) is 5.91 Å². The van der Waals surface area contributed by atoms with Crippen LogP contribution in [-0.2, 0) is 20.7 Å². The van der Waals surface area contributed by atoms with Crippen molar-refractivity contribution < 1.29 is 14.3 Å². The summed E-state index contributed by atoms with van der Waals surface area (Å²) < 4.78 is 11.1. The predicted octanol–water partition coefficient (Wildman–Crippen LogP) is 3.66. The van der Waals surface area contributed by atoms with E-state index in [-0.39, 0.29) is 18.3 Å². The lowest BCUT2D eigenvalue weighted by Crippen LogP contribution is -2.44. The maximum atomic E-state index is 12.2. The molecule has 1 aliphatic heterocycles. The van der Waals surface area contributed by atoms with Gasteiger partial charge in [0, 0.05) is 51.5 Å². The normalized spacial score (nSPS) is 21.2. The Bertz CT molecular complexity index is 797. The van der Waals surface area contributed by atoms with Gasteiger partial charge in [-0.1, -0.05) is 30.3 Å². The van der Waals surface area contributed by atoms with Crippen LogP contribution in [0.2, 0.25) is 0 Å². The summed E-state index contributed by atoms with van der Waals surface area (Å²) in [7, 11) is 3.76. The maximum Gasteiger partial charge on any atom is 0.221 e. The molecule has 1 fully saturated rings. The van der Waals surface area contributed by atoms with Gasteiger partial charge in [0.05, 0.1) is 6.10 Å². The van der Waals surface area contributed by atoms with Crippen LogP contribution >= 0.6 is 0 Å². The molecule has 6 nitrogen and oxygen atoms in total. The standard InChI is InChI=1S/C25H35N3O3/c1-19-16-23(17-25(30-3)31-19)28(2)15-12-24(29)27-14-4-6-20-8-10-21(11-9-20)22-7-5-13-26-18-22/h5,7-11,13,18-19,23,25H,4,6,12,14-17H2,1-3H3,(H,27,29)/t19-,23+,25-/m1/s1. The molecule has 1 aliphatic rings. The SMILES string of the molecule is CO[C@H]1C[C@@H](N(C)CCC(=O)NCCCc2ccc(-c3cccnc3)cc2)C[C@@H](C)O1. The average molecular weight is 426 g/mol. The van der Waals surface area contributed by atoms with Crippen molar-refractivity contribution in [2.45, 2.75) is 57.5 Å². The summed E-state index contributed by atoms with van der Waals surface area (Å²) in [5.74, 6) is 0.113. The molecule has 3 atom stereocenters. The third-order valence-electron chi connectivity index (χ3n) is 5.94. The first kappa shape index (κ1) is 23.4. The molecular weight excluding hydrogens is 390 g/mol. The highest BCUT2D eigenvalue weighted by Gasteiger charge is 2.29. The Kier molecular flexibility index (Phi) is 9.00. The minimum Gasteiger partial charge on any atom is -0.356 e. The van der Waals surface area contributed by atoms with Crippen LogP contribution in [-0.4, -0.2) is 61.5 Å². The summed E-state index contributed by atoms with van der Waals surface area (Å²) in [5, 5.41) is 3.05. The van der Waals surface area contributed by atoms with Crippen LogP contribution in [0.1, 0.15) is 38.2 Å². The Morgan fingerprint density at radius 2 is 2.03 bits per heavy atom. The number of carbonyl (C=O) groups is 1. The molecule has 1 aromatic heterocycles. The van der Waals surface area contributed by atoms with Gasteiger partial charge in [-0.3, -0.25) is 9.78 Å². The van der Waals surface area contributed by atoms with E-state index >= 15 is 0 Å². The fourth-order valence-electron chi connectivity index (χ4n) is 4.05. The Balaban J connectivity index is 1.32. The lowest BCUT2D eigenvalue weighted by molar-refractivity contribution is -0.189. The van der Waals surface area contributed by atoms with Crippen molar-refractivity contribution in [2.75, 3.05) is 27.2 Å². The third-order valence-corrected chi connectivity index (χ3v) is 5.94. The van der Waals surface area contributed by atoms with Crippen LogP contribution in [0.4, 0.5) is 0 Å². The second kappa shape index (κ2) is 11.9. The number of ether oxygens (including phenoxy) is 2. The van der Waals surface area contributed by atoms with E-state index in [1.165, 1.54) is 11.1 Å². The van der Waals surface area contributed by atoms with Crippen LogP contribution in [0.25, 0.3) is 11.1 Å². The van der Waals surface area contributed by atoms with Gasteiger partial charge in [-0.15, -0.1) is 0 Å². The van der Waals surface area contributed by atoms with Crippen molar-refractivity contribution >= 4 is 5.91 Å². The molecule has 0 radical (unpaired) electrons. The highest BCUT2D eigenvalue weighted by molar-refractivity contribution is 5.76. The number of aromatic nitrogens is 1. The second-order valence-corrected chi connectivity index (χ2v) is 8.36. The molecule has 1 amide bonds. The van der Waals surface area contributed by atoms with Crippen LogP contribution in [0.5, 0.6) is 0 Å². The Morgan fingerprint density at radius 1 is 1.23 bits per heavy atom. The van der Waals surface area contributed by atoms with E-state index in [2.05, 4.69) is 59.5 Å². The minimum absolute atomic E-state index is 0.113. The molecule has 3 rings (SSSR count). The number of amides is 1. The number of nitrogens with zero attached hydrogens (tertiary/aromatic N) is 2. The molecule has 0 aliphatic carbocycles. The van der Waals surface area contributed by atoms with E-state index in [1.54, 1.807) is 13.3 Å². The number of hydrogen-bond acceptors (Lipinski definition) is 5. The summed E-state index contributed by atoms with van der Waals surface area (Å²) in [5.41, 5.74) is 3.58. The van der Waals surface area contributed by atoms with Gasteiger partial charge < -0.3 is 19.7 Å². The molecule has 0 bridgehead atoms. The number of hydrogen-bond donors (Lipinski definition) is 1. The zero-order valence-electron chi connectivity index (χ0n) is 18.9. The smallest absolute Gasteiger partial charge is 0.221 e. The van der Waals surface area contributed by atoms with Gasteiger partial charge in [-0.25, -0.2) is 0 Å². The molecule has 1 aromatic carbocycles. The Morgan fingerprint density at radius 3 is 2.74 bits per heavy atom. The molecule has 1 saturated heterocycles. The minimum atomic E-state index is -0.150. The molecule has 0 saturated carbocycles.